The van der Waals surface area contributed by atoms with Crippen molar-refractivity contribution in [2.24, 2.45) is 0 Å². The van der Waals surface area contributed by atoms with Crippen molar-refractivity contribution in [2.45, 2.75) is 12.8 Å². The van der Waals surface area contributed by atoms with E-state index in [0.29, 0.717) is 0 Å². The zero-order chi connectivity index (χ0) is 10.7. The van der Waals surface area contributed by atoms with Gasteiger partial charge in [-0.1, -0.05) is 11.6 Å². The minimum absolute atomic E-state index is 0.0507. The molecule has 1 aromatic heterocycles. The Morgan fingerprint density at radius 1 is 1.64 bits per heavy atom. The van der Waals surface area contributed by atoms with Crippen LogP contribution in [0.5, 0.6) is 0 Å². The maximum Gasteiger partial charge on any atom is 0.309 e. The van der Waals surface area contributed by atoms with Gasteiger partial charge in [0.15, 0.2) is 0 Å². The molecule has 1 N–H and O–H groups in total. The molecule has 0 aliphatic rings. The van der Waals surface area contributed by atoms with E-state index in [-0.39, 0.29) is 22.7 Å². The number of carboxylic acid groups (broad SMARTS) is 1. The number of aromatic nitrogens is 1. The monoisotopic (exact) mass is 221 g/mol. The predicted molar refractivity (Wildman–Crippen MR) is 45.5 cm³/mol. The number of halogens is 3. The quantitative estimate of drug-likeness (QED) is 0.852. The van der Waals surface area contributed by atoms with E-state index in [2.05, 4.69) is 4.98 Å². The van der Waals surface area contributed by atoms with Gasteiger partial charge in [-0.15, -0.1) is 0 Å². The van der Waals surface area contributed by atoms with Crippen LogP contribution in [0, 0.1) is 0 Å². The van der Waals surface area contributed by atoms with Gasteiger partial charge in [0.2, 0.25) is 0 Å². The Hall–Kier alpha value is -1.23. The molecule has 0 bridgehead atoms. The zero-order valence-corrected chi connectivity index (χ0v) is 7.63. The minimum Gasteiger partial charge on any atom is -0.481 e. The number of hydrogen-bond donors (Lipinski definition) is 1. The van der Waals surface area contributed by atoms with Gasteiger partial charge in [0.1, 0.15) is 0 Å². The van der Waals surface area contributed by atoms with Crippen LogP contribution >= 0.6 is 11.6 Å². The van der Waals surface area contributed by atoms with Crippen LogP contribution in [0.4, 0.5) is 8.78 Å². The Bertz CT molecular complexity index is 357. The number of nitrogens with zero attached hydrogens (tertiary/aromatic N) is 1. The van der Waals surface area contributed by atoms with Gasteiger partial charge in [0.25, 0.3) is 6.43 Å². The summed E-state index contributed by atoms with van der Waals surface area (Å²) in [5.74, 6) is -1.11. The van der Waals surface area contributed by atoms with Crippen LogP contribution < -0.4 is 0 Å². The second-order valence-corrected chi connectivity index (χ2v) is 2.98. The summed E-state index contributed by atoms with van der Waals surface area (Å²) in [4.78, 5) is 13.8. The van der Waals surface area contributed by atoms with Crippen LogP contribution in [0.3, 0.4) is 0 Å². The fraction of sp³-hybridized carbons (Fsp3) is 0.250. The van der Waals surface area contributed by atoms with E-state index in [9.17, 15) is 13.6 Å². The second-order valence-electron chi connectivity index (χ2n) is 2.57. The number of carbonyl (C=O) groups is 1. The van der Waals surface area contributed by atoms with Gasteiger partial charge in [-0.25, -0.2) is 8.78 Å². The standard InChI is InChI=1S/C8H6ClF2NO2/c9-5-1-4(8(10)11)3-12-6(5)2-7(13)14/h1,3,8H,2H2,(H,13,14). The van der Waals surface area contributed by atoms with Gasteiger partial charge in [0, 0.05) is 11.8 Å². The maximum atomic E-state index is 12.1. The largest absolute Gasteiger partial charge is 0.481 e. The van der Waals surface area contributed by atoms with Crippen molar-refractivity contribution in [3.05, 3.63) is 28.5 Å². The lowest BCUT2D eigenvalue weighted by atomic mass is 10.2. The lowest BCUT2D eigenvalue weighted by molar-refractivity contribution is -0.136. The summed E-state index contributed by atoms with van der Waals surface area (Å²) >= 11 is 5.56. The van der Waals surface area contributed by atoms with E-state index in [0.717, 1.165) is 12.3 Å². The van der Waals surface area contributed by atoms with Gasteiger partial charge in [-0.2, -0.15) is 0 Å². The van der Waals surface area contributed by atoms with E-state index in [1.54, 1.807) is 0 Å². The maximum absolute atomic E-state index is 12.1. The number of alkyl halides is 2. The summed E-state index contributed by atoms with van der Waals surface area (Å²) in [5, 5.41) is 8.37. The van der Waals surface area contributed by atoms with Crippen molar-refractivity contribution in [3.8, 4) is 0 Å². The first-order chi connectivity index (χ1) is 6.50. The van der Waals surface area contributed by atoms with E-state index in [4.69, 9.17) is 16.7 Å². The first kappa shape index (κ1) is 10.8. The molecule has 0 atom stereocenters. The number of rotatable bonds is 3. The molecule has 6 heteroatoms. The third kappa shape index (κ3) is 2.63. The van der Waals surface area contributed by atoms with Gasteiger partial charge in [-0.05, 0) is 6.07 Å². The van der Waals surface area contributed by atoms with Crippen LogP contribution in [-0.2, 0) is 11.2 Å². The van der Waals surface area contributed by atoms with Crippen LogP contribution in [0.15, 0.2) is 12.3 Å². The Balaban J connectivity index is 2.95. The highest BCUT2D eigenvalue weighted by molar-refractivity contribution is 6.31. The Morgan fingerprint density at radius 2 is 2.29 bits per heavy atom. The fourth-order valence-corrected chi connectivity index (χ4v) is 1.12. The third-order valence-corrected chi connectivity index (χ3v) is 1.84. The molecule has 0 aliphatic carbocycles. The predicted octanol–water partition coefficient (Wildman–Crippen LogP) is 2.30. The molecule has 1 aromatic rings. The average molecular weight is 222 g/mol. The van der Waals surface area contributed by atoms with Crippen molar-refractivity contribution in [2.75, 3.05) is 0 Å². The smallest absolute Gasteiger partial charge is 0.309 e. The number of hydrogen-bond acceptors (Lipinski definition) is 2. The topological polar surface area (TPSA) is 50.2 Å². The van der Waals surface area contributed by atoms with Gasteiger partial charge >= 0.3 is 5.97 Å². The van der Waals surface area contributed by atoms with Crippen molar-refractivity contribution >= 4 is 17.6 Å². The van der Waals surface area contributed by atoms with E-state index in [1.807, 2.05) is 0 Å². The molecule has 0 aromatic carbocycles. The summed E-state index contributed by atoms with van der Waals surface area (Å²) < 4.78 is 24.3. The number of pyridine rings is 1. The summed E-state index contributed by atoms with van der Waals surface area (Å²) in [5.41, 5.74) is -0.229. The first-order valence-corrected chi connectivity index (χ1v) is 4.02. The Kier molecular flexibility index (Phi) is 3.35. The van der Waals surface area contributed by atoms with E-state index >= 15 is 0 Å². The molecule has 0 spiro atoms. The molecule has 0 saturated heterocycles. The number of aliphatic carboxylic acids is 1. The number of carboxylic acids is 1. The van der Waals surface area contributed by atoms with Crippen LogP contribution in [0.25, 0.3) is 0 Å². The summed E-state index contributed by atoms with van der Waals surface area (Å²) in [6.45, 7) is 0. The molecule has 0 fully saturated rings. The van der Waals surface area contributed by atoms with Gasteiger partial charge in [-0.3, -0.25) is 9.78 Å². The Labute approximate surface area is 83.3 Å². The molecule has 0 aliphatic heterocycles. The van der Waals surface area contributed by atoms with Crippen molar-refractivity contribution in [1.82, 2.24) is 4.98 Å². The normalized spacial score (nSPS) is 10.6. The second kappa shape index (κ2) is 4.32. The zero-order valence-electron chi connectivity index (χ0n) is 6.88. The minimum atomic E-state index is -2.65. The summed E-state index contributed by atoms with van der Waals surface area (Å²) in [6.07, 6.45) is -2.10. The highest BCUT2D eigenvalue weighted by Gasteiger charge is 2.12. The molecule has 0 unspecified atom stereocenters. The molecule has 1 rings (SSSR count). The lowest BCUT2D eigenvalue weighted by Gasteiger charge is -2.03. The summed E-state index contributed by atoms with van der Waals surface area (Å²) in [6, 6.07) is 1.03. The van der Waals surface area contributed by atoms with Crippen LogP contribution in [-0.4, -0.2) is 16.1 Å². The first-order valence-electron chi connectivity index (χ1n) is 3.65. The van der Waals surface area contributed by atoms with Crippen molar-refractivity contribution in [3.63, 3.8) is 0 Å². The SMILES string of the molecule is O=C(O)Cc1ncc(C(F)F)cc1Cl. The van der Waals surface area contributed by atoms with E-state index in [1.165, 1.54) is 0 Å². The third-order valence-electron chi connectivity index (χ3n) is 1.51. The average Bonchev–Trinajstić information content (AvgIpc) is 2.07. The highest BCUT2D eigenvalue weighted by Crippen LogP contribution is 2.23. The fourth-order valence-electron chi connectivity index (χ4n) is 0.874. The van der Waals surface area contributed by atoms with Crippen LogP contribution in [0.2, 0.25) is 5.02 Å². The molecule has 14 heavy (non-hydrogen) atoms. The Morgan fingerprint density at radius 3 is 2.71 bits per heavy atom. The molecular weight excluding hydrogens is 216 g/mol. The molecule has 0 amide bonds. The van der Waals surface area contributed by atoms with Gasteiger partial charge < -0.3 is 5.11 Å². The van der Waals surface area contributed by atoms with Crippen molar-refractivity contribution < 1.29 is 18.7 Å². The highest BCUT2D eigenvalue weighted by atomic mass is 35.5. The van der Waals surface area contributed by atoms with E-state index < -0.39 is 12.4 Å². The van der Waals surface area contributed by atoms with Crippen LogP contribution in [0.1, 0.15) is 17.7 Å². The van der Waals surface area contributed by atoms with Gasteiger partial charge in [0.05, 0.1) is 17.1 Å². The molecule has 76 valence electrons. The molecule has 3 nitrogen and oxygen atoms in total. The summed E-state index contributed by atoms with van der Waals surface area (Å²) in [7, 11) is 0. The molecule has 1 heterocycles. The molecule has 0 saturated carbocycles. The molecular formula is C8H6ClF2NO2. The molecule has 0 radical (unpaired) electrons. The van der Waals surface area contributed by atoms with Crippen molar-refractivity contribution in [1.29, 1.82) is 0 Å². The lowest BCUT2D eigenvalue weighted by Crippen LogP contribution is -2.03.